The van der Waals surface area contributed by atoms with Crippen molar-refractivity contribution in [3.63, 3.8) is 0 Å². The SMILES string of the molecule is N#Cc1ccc(CC23CC4CC(CC(C4)C2)C3)o1. The molecule has 5 rings (SSSR count). The number of hydrogen-bond donors (Lipinski definition) is 0. The second kappa shape index (κ2) is 3.63. The van der Waals surface area contributed by atoms with Gasteiger partial charge in [0.25, 0.3) is 0 Å². The highest BCUT2D eigenvalue weighted by Gasteiger charge is 2.50. The molecule has 1 heterocycles. The van der Waals surface area contributed by atoms with Crippen LogP contribution in [-0.2, 0) is 6.42 Å². The summed E-state index contributed by atoms with van der Waals surface area (Å²) in [4.78, 5) is 0. The molecule has 1 aromatic heterocycles. The molecule has 4 bridgehead atoms. The molecule has 1 aromatic rings. The second-order valence-corrected chi connectivity index (χ2v) is 6.97. The Morgan fingerprint density at radius 1 is 1.11 bits per heavy atom. The Balaban J connectivity index is 1.59. The first-order valence-electron chi connectivity index (χ1n) is 7.23. The standard InChI is InChI=1S/C16H19NO/c17-10-15-2-1-14(18-15)9-16-6-11-3-12(7-16)5-13(4-11)8-16/h1-2,11-13H,3-9H2. The van der Waals surface area contributed by atoms with Crippen LogP contribution in [0.5, 0.6) is 0 Å². The van der Waals surface area contributed by atoms with Crippen molar-refractivity contribution in [2.75, 3.05) is 0 Å². The Morgan fingerprint density at radius 3 is 2.22 bits per heavy atom. The fourth-order valence-electron chi connectivity index (χ4n) is 5.41. The Labute approximate surface area is 108 Å². The van der Waals surface area contributed by atoms with Gasteiger partial charge in [0.05, 0.1) is 0 Å². The molecule has 4 saturated carbocycles. The van der Waals surface area contributed by atoms with Gasteiger partial charge in [-0.25, -0.2) is 0 Å². The fraction of sp³-hybridized carbons (Fsp3) is 0.688. The monoisotopic (exact) mass is 241 g/mol. The maximum absolute atomic E-state index is 8.84. The summed E-state index contributed by atoms with van der Waals surface area (Å²) in [5, 5.41) is 8.84. The van der Waals surface area contributed by atoms with Crippen molar-refractivity contribution in [2.24, 2.45) is 23.2 Å². The van der Waals surface area contributed by atoms with E-state index >= 15 is 0 Å². The predicted molar refractivity (Wildman–Crippen MR) is 67.7 cm³/mol. The van der Waals surface area contributed by atoms with E-state index in [0.717, 1.165) is 29.9 Å². The Morgan fingerprint density at radius 2 is 1.72 bits per heavy atom. The molecule has 0 saturated heterocycles. The minimum absolute atomic E-state index is 0.467. The first kappa shape index (κ1) is 10.7. The van der Waals surface area contributed by atoms with Gasteiger partial charge in [0, 0.05) is 6.42 Å². The number of nitrogens with zero attached hydrogens (tertiary/aromatic N) is 1. The summed E-state index contributed by atoms with van der Waals surface area (Å²) >= 11 is 0. The molecule has 94 valence electrons. The molecule has 0 N–H and O–H groups in total. The molecule has 4 aliphatic rings. The molecule has 2 nitrogen and oxygen atoms in total. The summed E-state index contributed by atoms with van der Waals surface area (Å²) < 4.78 is 5.61. The first-order chi connectivity index (χ1) is 8.75. The lowest BCUT2D eigenvalue weighted by Crippen LogP contribution is -2.46. The zero-order valence-corrected chi connectivity index (χ0v) is 10.7. The molecule has 0 spiro atoms. The van der Waals surface area contributed by atoms with Crippen molar-refractivity contribution in [2.45, 2.75) is 44.9 Å². The second-order valence-electron chi connectivity index (χ2n) is 6.97. The lowest BCUT2D eigenvalue weighted by Gasteiger charge is -2.56. The summed E-state index contributed by atoms with van der Waals surface area (Å²) in [6, 6.07) is 5.92. The van der Waals surface area contributed by atoms with Crippen molar-refractivity contribution >= 4 is 0 Å². The van der Waals surface area contributed by atoms with E-state index in [-0.39, 0.29) is 0 Å². The molecule has 0 radical (unpaired) electrons. The van der Waals surface area contributed by atoms with Crippen molar-refractivity contribution in [1.29, 1.82) is 5.26 Å². The van der Waals surface area contributed by atoms with Crippen LogP contribution < -0.4 is 0 Å². The minimum atomic E-state index is 0.467. The maximum atomic E-state index is 8.84. The Kier molecular flexibility index (Phi) is 2.15. The molecule has 0 aromatic carbocycles. The van der Waals surface area contributed by atoms with Gasteiger partial charge in [0.2, 0.25) is 5.76 Å². The van der Waals surface area contributed by atoms with Gasteiger partial charge in [-0.3, -0.25) is 0 Å². The van der Waals surface area contributed by atoms with Crippen LogP contribution in [0.4, 0.5) is 0 Å². The van der Waals surface area contributed by atoms with Gasteiger partial charge >= 0.3 is 0 Å². The van der Waals surface area contributed by atoms with Gasteiger partial charge in [-0.05, 0) is 73.8 Å². The van der Waals surface area contributed by atoms with Crippen molar-refractivity contribution in [1.82, 2.24) is 0 Å². The predicted octanol–water partition coefficient (Wildman–Crippen LogP) is 3.91. The molecule has 0 atom stereocenters. The summed E-state index contributed by atoms with van der Waals surface area (Å²) in [6.45, 7) is 0. The van der Waals surface area contributed by atoms with E-state index in [9.17, 15) is 0 Å². The molecular formula is C16H19NO. The van der Waals surface area contributed by atoms with Crippen LogP contribution in [0.2, 0.25) is 0 Å². The topological polar surface area (TPSA) is 36.9 Å². The molecule has 18 heavy (non-hydrogen) atoms. The summed E-state index contributed by atoms with van der Waals surface area (Å²) in [6.07, 6.45) is 9.74. The highest BCUT2D eigenvalue weighted by Crippen LogP contribution is 2.61. The zero-order valence-electron chi connectivity index (χ0n) is 10.7. The number of hydrogen-bond acceptors (Lipinski definition) is 2. The lowest BCUT2D eigenvalue weighted by molar-refractivity contribution is -0.0544. The quantitative estimate of drug-likeness (QED) is 0.787. The van der Waals surface area contributed by atoms with Gasteiger partial charge in [0.1, 0.15) is 11.8 Å². The highest BCUT2D eigenvalue weighted by molar-refractivity contribution is 5.20. The molecule has 2 heteroatoms. The molecule has 0 amide bonds. The van der Waals surface area contributed by atoms with E-state index in [1.54, 1.807) is 0 Å². The fourth-order valence-corrected chi connectivity index (χ4v) is 5.41. The highest BCUT2D eigenvalue weighted by atomic mass is 16.3. The minimum Gasteiger partial charge on any atom is -0.451 e. The number of furan rings is 1. The van der Waals surface area contributed by atoms with Gasteiger partial charge in [0.15, 0.2) is 0 Å². The summed E-state index contributed by atoms with van der Waals surface area (Å²) in [5.41, 5.74) is 0.513. The van der Waals surface area contributed by atoms with Crippen LogP contribution in [0.25, 0.3) is 0 Å². The maximum Gasteiger partial charge on any atom is 0.203 e. The normalized spacial score (nSPS) is 40.9. The third-order valence-electron chi connectivity index (χ3n) is 5.49. The van der Waals surface area contributed by atoms with Crippen LogP contribution in [0.15, 0.2) is 16.5 Å². The van der Waals surface area contributed by atoms with Crippen LogP contribution in [0.1, 0.15) is 50.0 Å². The lowest BCUT2D eigenvalue weighted by atomic mass is 9.49. The van der Waals surface area contributed by atoms with E-state index in [0.29, 0.717) is 11.2 Å². The molecule has 4 aliphatic carbocycles. The van der Waals surface area contributed by atoms with Gasteiger partial charge in [-0.1, -0.05) is 0 Å². The molecule has 4 fully saturated rings. The number of rotatable bonds is 2. The molecular weight excluding hydrogens is 222 g/mol. The smallest absolute Gasteiger partial charge is 0.203 e. The van der Waals surface area contributed by atoms with Gasteiger partial charge in [-0.2, -0.15) is 5.26 Å². The van der Waals surface area contributed by atoms with E-state index in [2.05, 4.69) is 6.07 Å². The van der Waals surface area contributed by atoms with Crippen LogP contribution >= 0.6 is 0 Å². The zero-order chi connectivity index (χ0) is 12.2. The third kappa shape index (κ3) is 1.61. The Hall–Kier alpha value is -1.23. The largest absolute Gasteiger partial charge is 0.451 e. The molecule has 0 aliphatic heterocycles. The average Bonchev–Trinajstić information content (AvgIpc) is 2.74. The van der Waals surface area contributed by atoms with Crippen LogP contribution in [0, 0.1) is 34.5 Å². The molecule has 0 unspecified atom stereocenters. The number of nitriles is 1. The summed E-state index contributed by atoms with van der Waals surface area (Å²) in [7, 11) is 0. The average molecular weight is 241 g/mol. The van der Waals surface area contributed by atoms with Crippen molar-refractivity contribution in [3.8, 4) is 6.07 Å². The van der Waals surface area contributed by atoms with Crippen LogP contribution in [-0.4, -0.2) is 0 Å². The van der Waals surface area contributed by atoms with Crippen molar-refractivity contribution in [3.05, 3.63) is 23.7 Å². The van der Waals surface area contributed by atoms with E-state index in [1.807, 2.05) is 12.1 Å². The van der Waals surface area contributed by atoms with Crippen molar-refractivity contribution < 1.29 is 4.42 Å². The van der Waals surface area contributed by atoms with E-state index < -0.39 is 0 Å². The van der Waals surface area contributed by atoms with E-state index in [4.69, 9.17) is 9.68 Å². The van der Waals surface area contributed by atoms with Gasteiger partial charge < -0.3 is 4.42 Å². The van der Waals surface area contributed by atoms with Gasteiger partial charge in [-0.15, -0.1) is 0 Å². The summed E-state index contributed by atoms with van der Waals surface area (Å²) in [5.74, 6) is 4.47. The van der Waals surface area contributed by atoms with Crippen LogP contribution in [0.3, 0.4) is 0 Å². The van der Waals surface area contributed by atoms with E-state index in [1.165, 1.54) is 38.5 Å². The first-order valence-corrected chi connectivity index (χ1v) is 7.23. The Bertz CT molecular complexity index is 472. The third-order valence-corrected chi connectivity index (χ3v) is 5.49.